The zero-order valence-corrected chi connectivity index (χ0v) is 30.5. The summed E-state index contributed by atoms with van der Waals surface area (Å²) in [7, 11) is 4.79. The molecule has 0 aromatic heterocycles. The highest BCUT2D eigenvalue weighted by atomic mass is 16.5. The Kier molecular flexibility index (Phi) is 8.40. The molecule has 1 unspecified atom stereocenters. The van der Waals surface area contributed by atoms with E-state index in [0.717, 1.165) is 49.1 Å². The summed E-state index contributed by atoms with van der Waals surface area (Å²) in [5.41, 5.74) is 4.45. The summed E-state index contributed by atoms with van der Waals surface area (Å²) in [5.74, 6) is 9.45. The van der Waals surface area contributed by atoms with Crippen molar-refractivity contribution in [3.05, 3.63) is 71.4 Å². The van der Waals surface area contributed by atoms with Crippen LogP contribution in [0.25, 0.3) is 5.57 Å². The molecule has 4 heterocycles. The quantitative estimate of drug-likeness (QED) is 0.200. The van der Waals surface area contributed by atoms with Gasteiger partial charge in [0.25, 0.3) is 11.8 Å². The van der Waals surface area contributed by atoms with E-state index in [1.54, 1.807) is 38.5 Å². The van der Waals surface area contributed by atoms with Crippen molar-refractivity contribution in [1.29, 1.82) is 0 Å². The first-order valence-electron chi connectivity index (χ1n) is 18.1. The Bertz CT molecular complexity index is 1940. The molecule has 4 aliphatic heterocycles. The lowest BCUT2D eigenvalue weighted by molar-refractivity contribution is 0.0596. The van der Waals surface area contributed by atoms with Gasteiger partial charge in [0.1, 0.15) is 5.75 Å². The molecule has 3 N–H and O–H groups in total. The fraction of sp³-hybridized carbons (Fsp3) is 0.450. The van der Waals surface area contributed by atoms with Gasteiger partial charge < -0.3 is 43.8 Å². The zero-order chi connectivity index (χ0) is 36.4. The molecule has 3 aromatic rings. The van der Waals surface area contributed by atoms with Gasteiger partial charge in [-0.05, 0) is 80.3 Å². The van der Waals surface area contributed by atoms with Gasteiger partial charge in [-0.3, -0.25) is 9.59 Å². The number of carbonyl (C=O) groups excluding carboxylic acids is 2. The predicted molar refractivity (Wildman–Crippen MR) is 197 cm³/mol. The number of hydrogen-bond donors (Lipinski definition) is 2. The van der Waals surface area contributed by atoms with Gasteiger partial charge in [-0.1, -0.05) is 12.1 Å². The zero-order valence-electron chi connectivity index (χ0n) is 30.5. The Labute approximate surface area is 304 Å². The maximum Gasteiger partial charge on any atom is 0.260 e. The molecule has 2 fully saturated rings. The molecule has 1 saturated carbocycles. The van der Waals surface area contributed by atoms with Crippen LogP contribution >= 0.6 is 0 Å². The number of benzene rings is 3. The molecule has 3 atom stereocenters. The van der Waals surface area contributed by atoms with Gasteiger partial charge >= 0.3 is 0 Å². The Morgan fingerprint density at radius 2 is 1.54 bits per heavy atom. The maximum absolute atomic E-state index is 13.9. The molecule has 12 nitrogen and oxygen atoms in total. The molecule has 12 heteroatoms. The van der Waals surface area contributed by atoms with Crippen LogP contribution in [0.4, 0.5) is 11.4 Å². The number of carbonyl (C=O) groups is 2. The molecule has 3 aromatic carbocycles. The molecule has 0 radical (unpaired) electrons. The number of fused-ring (bicyclic) bond motifs is 4. The van der Waals surface area contributed by atoms with Gasteiger partial charge in [0.05, 0.1) is 74.7 Å². The third-order valence-electron chi connectivity index (χ3n) is 11.9. The van der Waals surface area contributed by atoms with Crippen molar-refractivity contribution in [3.8, 4) is 28.7 Å². The highest BCUT2D eigenvalue weighted by molar-refractivity contribution is 6.03. The summed E-state index contributed by atoms with van der Waals surface area (Å²) in [6.45, 7) is 6.30. The summed E-state index contributed by atoms with van der Waals surface area (Å²) in [6, 6.07) is 15.0. The van der Waals surface area contributed by atoms with Gasteiger partial charge in [0.2, 0.25) is 0 Å². The molecule has 52 heavy (non-hydrogen) atoms. The summed E-state index contributed by atoms with van der Waals surface area (Å²) < 4.78 is 29.1. The van der Waals surface area contributed by atoms with Crippen LogP contribution in [0.5, 0.6) is 28.7 Å². The number of nitrogens with one attached hydrogen (secondary N) is 1. The van der Waals surface area contributed by atoms with Crippen molar-refractivity contribution in [1.82, 2.24) is 9.80 Å². The highest BCUT2D eigenvalue weighted by Gasteiger charge is 2.62. The SMILES string of the molecule is COc1ccc(C2=CN3C(=O)c4cc(OC)c(OCCCOc5cc6c(cc5OC)C(=O)N5CC7(CC7)C[C@@]5(C)[C@H](C)N6N)cc4NCC3C2)cc1. The van der Waals surface area contributed by atoms with Gasteiger partial charge in [-0.25, -0.2) is 5.84 Å². The molecule has 274 valence electrons. The fourth-order valence-electron chi connectivity index (χ4n) is 8.49. The number of rotatable bonds is 10. The van der Waals surface area contributed by atoms with Crippen LogP contribution in [0, 0.1) is 5.41 Å². The number of ether oxygens (including phenoxy) is 5. The van der Waals surface area contributed by atoms with Crippen LogP contribution in [-0.2, 0) is 0 Å². The predicted octanol–water partition coefficient (Wildman–Crippen LogP) is 5.71. The van der Waals surface area contributed by atoms with E-state index >= 15 is 0 Å². The molecular formula is C40H47N5O7. The minimum Gasteiger partial charge on any atom is -0.497 e. The van der Waals surface area contributed by atoms with Crippen molar-refractivity contribution >= 4 is 28.8 Å². The topological polar surface area (TPSA) is 128 Å². The molecule has 0 bridgehead atoms. The van der Waals surface area contributed by atoms with Crippen molar-refractivity contribution in [2.45, 2.75) is 63.6 Å². The lowest BCUT2D eigenvalue weighted by Crippen LogP contribution is -2.58. The first kappa shape index (κ1) is 34.0. The minimum atomic E-state index is -0.359. The minimum absolute atomic E-state index is 0.0135. The van der Waals surface area contributed by atoms with Crippen molar-refractivity contribution in [2.75, 3.05) is 58.0 Å². The van der Waals surface area contributed by atoms with E-state index in [1.807, 2.05) is 52.4 Å². The molecule has 1 aliphatic carbocycles. The van der Waals surface area contributed by atoms with E-state index in [-0.39, 0.29) is 34.9 Å². The van der Waals surface area contributed by atoms with Crippen LogP contribution < -0.4 is 39.9 Å². The largest absolute Gasteiger partial charge is 0.497 e. The van der Waals surface area contributed by atoms with Crippen LogP contribution in [0.15, 0.2) is 54.7 Å². The van der Waals surface area contributed by atoms with Crippen molar-refractivity contribution < 1.29 is 33.3 Å². The Hall–Kier alpha value is -5.10. The average Bonchev–Trinajstić information content (AvgIpc) is 3.70. The van der Waals surface area contributed by atoms with Gasteiger partial charge in [-0.2, -0.15) is 0 Å². The van der Waals surface area contributed by atoms with E-state index < -0.39 is 0 Å². The summed E-state index contributed by atoms with van der Waals surface area (Å²) in [5, 5.41) is 5.20. The lowest BCUT2D eigenvalue weighted by atomic mass is 9.86. The monoisotopic (exact) mass is 709 g/mol. The van der Waals surface area contributed by atoms with Crippen LogP contribution in [0.1, 0.15) is 72.2 Å². The highest BCUT2D eigenvalue weighted by Crippen LogP contribution is 2.60. The van der Waals surface area contributed by atoms with Crippen LogP contribution in [-0.4, -0.2) is 86.9 Å². The Balaban J connectivity index is 0.928. The molecule has 1 saturated heterocycles. The second-order valence-electron chi connectivity index (χ2n) is 15.0. The summed E-state index contributed by atoms with van der Waals surface area (Å²) in [6.07, 6.45) is 6.53. The summed E-state index contributed by atoms with van der Waals surface area (Å²) >= 11 is 0. The van der Waals surface area contributed by atoms with Crippen LogP contribution in [0.2, 0.25) is 0 Å². The smallest absolute Gasteiger partial charge is 0.260 e. The van der Waals surface area contributed by atoms with Crippen molar-refractivity contribution in [3.63, 3.8) is 0 Å². The Morgan fingerprint density at radius 1 is 0.865 bits per heavy atom. The van der Waals surface area contributed by atoms with E-state index in [2.05, 4.69) is 19.2 Å². The first-order chi connectivity index (χ1) is 25.1. The van der Waals surface area contributed by atoms with Gasteiger partial charge in [0.15, 0.2) is 23.0 Å². The normalized spacial score (nSPS) is 23.8. The lowest BCUT2D eigenvalue weighted by Gasteiger charge is -2.41. The summed E-state index contributed by atoms with van der Waals surface area (Å²) in [4.78, 5) is 31.6. The number of hydrazine groups is 1. The molecule has 2 amide bonds. The number of nitrogens with two attached hydrogens (primary N) is 1. The second-order valence-corrected chi connectivity index (χ2v) is 15.0. The molecular weight excluding hydrogens is 662 g/mol. The van der Waals surface area contributed by atoms with E-state index in [4.69, 9.17) is 29.5 Å². The van der Waals surface area contributed by atoms with Gasteiger partial charge in [0, 0.05) is 37.8 Å². The number of anilines is 2. The second kappa shape index (κ2) is 12.8. The maximum atomic E-state index is 13.9. The van der Waals surface area contributed by atoms with E-state index in [1.165, 1.54) is 0 Å². The fourth-order valence-corrected chi connectivity index (χ4v) is 8.49. The Morgan fingerprint density at radius 3 is 2.19 bits per heavy atom. The number of methoxy groups -OCH3 is 3. The van der Waals surface area contributed by atoms with E-state index in [0.29, 0.717) is 71.7 Å². The van der Waals surface area contributed by atoms with Gasteiger partial charge in [-0.15, -0.1) is 0 Å². The average molecular weight is 710 g/mol. The molecule has 5 aliphatic rings. The first-order valence-corrected chi connectivity index (χ1v) is 18.1. The molecule has 8 rings (SSSR count). The number of nitrogens with zero attached hydrogens (tertiary/aromatic N) is 3. The third-order valence-corrected chi connectivity index (χ3v) is 11.9. The van der Waals surface area contributed by atoms with Crippen molar-refractivity contribution in [2.24, 2.45) is 11.3 Å². The van der Waals surface area contributed by atoms with E-state index in [9.17, 15) is 9.59 Å². The third kappa shape index (κ3) is 5.64. The number of hydrogen-bond acceptors (Lipinski definition) is 10. The van der Waals surface area contributed by atoms with Crippen LogP contribution in [0.3, 0.4) is 0 Å². The molecule has 1 spiro atoms. The standard InChI is InChI=1S/C40H47N5O7/c1-24-39(2)22-40(11-12-40)23-44(39)38(47)30-17-34(50-5)36(19-32(30)45(24)41)52-14-6-13-51-35-18-31-29(16-33(35)49-4)37(46)43-21-26(15-27(43)20-42-31)25-7-9-28(48-3)10-8-25/h7-10,16-19,21,24,27,42H,6,11-15,20,22-23,41H2,1-5H3/t24-,27?,39-/m0/s1. The number of amides is 2.